The van der Waals surface area contributed by atoms with Gasteiger partial charge in [-0.3, -0.25) is 14.7 Å². The molecule has 1 aliphatic rings. The molecule has 0 bridgehead atoms. The van der Waals surface area contributed by atoms with Crippen LogP contribution in [-0.2, 0) is 11.3 Å². The quantitative estimate of drug-likeness (QED) is 0.437. The standard InChI is InChI=1S/C22H31N5OS/c1-23-22(24-12-11-21(28)25-16-18-8-3-2-4-9-18)26-17-19(20-10-7-15-29-20)27-13-5-6-14-27/h2-4,7-10,15,19H,5-6,11-14,16-17H2,1H3,(H,25,28)(H2,23,24,26). The van der Waals surface area contributed by atoms with E-state index in [2.05, 4.69) is 43.4 Å². The molecular weight excluding hydrogens is 382 g/mol. The molecule has 1 atom stereocenters. The van der Waals surface area contributed by atoms with Gasteiger partial charge in [-0.2, -0.15) is 0 Å². The number of hydrogen-bond donors (Lipinski definition) is 3. The summed E-state index contributed by atoms with van der Waals surface area (Å²) in [5.41, 5.74) is 1.10. The van der Waals surface area contributed by atoms with Gasteiger partial charge in [-0.15, -0.1) is 11.3 Å². The molecule has 156 valence electrons. The largest absolute Gasteiger partial charge is 0.356 e. The van der Waals surface area contributed by atoms with Crippen LogP contribution in [0.15, 0.2) is 52.8 Å². The molecule has 6 nitrogen and oxygen atoms in total. The zero-order valence-corrected chi connectivity index (χ0v) is 17.9. The molecule has 2 aromatic rings. The zero-order valence-electron chi connectivity index (χ0n) is 17.1. The lowest BCUT2D eigenvalue weighted by Gasteiger charge is -2.27. The minimum absolute atomic E-state index is 0.0327. The number of carbonyl (C=O) groups excluding carboxylic acids is 1. The normalized spacial score (nSPS) is 15.8. The third-order valence-electron chi connectivity index (χ3n) is 5.12. The van der Waals surface area contributed by atoms with Crippen molar-refractivity contribution in [3.05, 3.63) is 58.3 Å². The minimum Gasteiger partial charge on any atom is -0.356 e. The second-order valence-corrected chi connectivity index (χ2v) is 8.15. The summed E-state index contributed by atoms with van der Waals surface area (Å²) in [4.78, 5) is 20.3. The molecule has 3 N–H and O–H groups in total. The molecule has 1 amide bonds. The van der Waals surface area contributed by atoms with E-state index < -0.39 is 0 Å². The molecule has 1 fully saturated rings. The summed E-state index contributed by atoms with van der Waals surface area (Å²) >= 11 is 1.81. The lowest BCUT2D eigenvalue weighted by molar-refractivity contribution is -0.121. The van der Waals surface area contributed by atoms with Gasteiger partial charge in [0.05, 0.1) is 6.04 Å². The van der Waals surface area contributed by atoms with Crippen LogP contribution >= 0.6 is 11.3 Å². The predicted octanol–water partition coefficient (Wildman–Crippen LogP) is 2.76. The van der Waals surface area contributed by atoms with Crippen molar-refractivity contribution >= 4 is 23.2 Å². The van der Waals surface area contributed by atoms with Crippen LogP contribution in [0.3, 0.4) is 0 Å². The van der Waals surface area contributed by atoms with E-state index in [0.717, 1.165) is 31.2 Å². The summed E-state index contributed by atoms with van der Waals surface area (Å²) in [7, 11) is 1.76. The highest BCUT2D eigenvalue weighted by atomic mass is 32.1. The van der Waals surface area contributed by atoms with Crippen molar-refractivity contribution < 1.29 is 4.79 Å². The van der Waals surface area contributed by atoms with Gasteiger partial charge in [-0.1, -0.05) is 36.4 Å². The van der Waals surface area contributed by atoms with E-state index >= 15 is 0 Å². The van der Waals surface area contributed by atoms with Crippen LogP contribution in [-0.4, -0.2) is 50.0 Å². The molecular formula is C22H31N5OS. The number of thiophene rings is 1. The molecule has 1 saturated heterocycles. The Kier molecular flexibility index (Phi) is 8.52. The smallest absolute Gasteiger partial charge is 0.222 e. The van der Waals surface area contributed by atoms with Crippen molar-refractivity contribution in [3.63, 3.8) is 0 Å². The summed E-state index contributed by atoms with van der Waals surface area (Å²) in [6.45, 7) is 4.22. The lowest BCUT2D eigenvalue weighted by Crippen LogP contribution is -2.43. The first-order chi connectivity index (χ1) is 14.3. The predicted molar refractivity (Wildman–Crippen MR) is 120 cm³/mol. The van der Waals surface area contributed by atoms with Crippen LogP contribution in [0.5, 0.6) is 0 Å². The lowest BCUT2D eigenvalue weighted by atomic mass is 10.2. The van der Waals surface area contributed by atoms with E-state index in [0.29, 0.717) is 25.6 Å². The molecule has 0 saturated carbocycles. The van der Waals surface area contributed by atoms with Gasteiger partial charge in [0.1, 0.15) is 0 Å². The van der Waals surface area contributed by atoms with Crippen molar-refractivity contribution in [2.24, 2.45) is 4.99 Å². The van der Waals surface area contributed by atoms with Crippen molar-refractivity contribution in [1.29, 1.82) is 0 Å². The SMILES string of the molecule is CN=C(NCCC(=O)NCc1ccccc1)NCC(c1cccs1)N1CCCC1. The topological polar surface area (TPSA) is 68.8 Å². The minimum atomic E-state index is 0.0327. The highest BCUT2D eigenvalue weighted by Crippen LogP contribution is 2.27. The van der Waals surface area contributed by atoms with Gasteiger partial charge in [0.15, 0.2) is 5.96 Å². The Bertz CT molecular complexity index is 757. The molecule has 1 aliphatic heterocycles. The number of likely N-dealkylation sites (tertiary alicyclic amines) is 1. The first-order valence-electron chi connectivity index (χ1n) is 10.3. The third-order valence-corrected chi connectivity index (χ3v) is 6.09. The number of nitrogens with zero attached hydrogens (tertiary/aromatic N) is 2. The summed E-state index contributed by atoms with van der Waals surface area (Å²) in [5.74, 6) is 0.770. The number of amides is 1. The van der Waals surface area contributed by atoms with E-state index in [9.17, 15) is 4.79 Å². The number of nitrogens with one attached hydrogen (secondary N) is 3. The molecule has 2 heterocycles. The molecule has 7 heteroatoms. The average molecular weight is 414 g/mol. The van der Waals surface area contributed by atoms with E-state index in [4.69, 9.17) is 0 Å². The monoisotopic (exact) mass is 413 g/mol. The summed E-state index contributed by atoms with van der Waals surface area (Å²) in [5, 5.41) is 11.8. The molecule has 1 unspecified atom stereocenters. The van der Waals surface area contributed by atoms with Gasteiger partial charge in [-0.25, -0.2) is 0 Å². The Morgan fingerprint density at radius 2 is 1.90 bits per heavy atom. The van der Waals surface area contributed by atoms with E-state index in [1.54, 1.807) is 7.05 Å². The van der Waals surface area contributed by atoms with Crippen molar-refractivity contribution in [3.8, 4) is 0 Å². The molecule has 29 heavy (non-hydrogen) atoms. The molecule has 0 aliphatic carbocycles. The fraction of sp³-hybridized carbons (Fsp3) is 0.455. The number of aliphatic imine (C=N–C) groups is 1. The van der Waals surface area contributed by atoms with Gasteiger partial charge in [0.2, 0.25) is 5.91 Å². The van der Waals surface area contributed by atoms with Crippen LogP contribution in [0.2, 0.25) is 0 Å². The molecule has 3 rings (SSSR count). The first kappa shape index (κ1) is 21.3. The molecule has 1 aromatic carbocycles. The highest BCUT2D eigenvalue weighted by molar-refractivity contribution is 7.10. The summed E-state index contributed by atoms with van der Waals surface area (Å²) < 4.78 is 0. The van der Waals surface area contributed by atoms with Crippen molar-refractivity contribution in [1.82, 2.24) is 20.9 Å². The number of carbonyl (C=O) groups is 1. The van der Waals surface area contributed by atoms with Gasteiger partial charge < -0.3 is 16.0 Å². The second-order valence-electron chi connectivity index (χ2n) is 7.17. The van der Waals surface area contributed by atoms with Crippen molar-refractivity contribution in [2.75, 3.05) is 33.2 Å². The van der Waals surface area contributed by atoms with E-state index in [-0.39, 0.29) is 5.91 Å². The fourth-order valence-electron chi connectivity index (χ4n) is 3.54. The fourth-order valence-corrected chi connectivity index (χ4v) is 4.40. The van der Waals surface area contributed by atoms with Gasteiger partial charge >= 0.3 is 0 Å². The Morgan fingerprint density at radius 3 is 2.59 bits per heavy atom. The second kappa shape index (κ2) is 11.6. The van der Waals surface area contributed by atoms with Crippen LogP contribution < -0.4 is 16.0 Å². The maximum Gasteiger partial charge on any atom is 0.222 e. The Labute approximate surface area is 177 Å². The number of guanidine groups is 1. The van der Waals surface area contributed by atoms with E-state index in [1.165, 1.54) is 17.7 Å². The first-order valence-corrected chi connectivity index (χ1v) is 11.2. The van der Waals surface area contributed by atoms with Crippen LogP contribution in [0, 0.1) is 0 Å². The number of benzene rings is 1. The third kappa shape index (κ3) is 6.87. The van der Waals surface area contributed by atoms with Gasteiger partial charge in [0, 0.05) is 38.0 Å². The Morgan fingerprint density at radius 1 is 1.10 bits per heavy atom. The van der Waals surface area contributed by atoms with Crippen molar-refractivity contribution in [2.45, 2.75) is 31.8 Å². The highest BCUT2D eigenvalue weighted by Gasteiger charge is 2.24. The van der Waals surface area contributed by atoms with Gasteiger partial charge in [0.25, 0.3) is 0 Å². The number of hydrogen-bond acceptors (Lipinski definition) is 4. The molecule has 0 radical (unpaired) electrons. The Hall–Kier alpha value is -2.38. The van der Waals surface area contributed by atoms with E-state index in [1.807, 2.05) is 41.7 Å². The Balaban J connectivity index is 1.40. The zero-order chi connectivity index (χ0) is 20.3. The van der Waals surface area contributed by atoms with Crippen LogP contribution in [0.25, 0.3) is 0 Å². The molecule has 1 aromatic heterocycles. The molecule has 0 spiro atoms. The summed E-state index contributed by atoms with van der Waals surface area (Å²) in [6, 6.07) is 14.6. The van der Waals surface area contributed by atoms with Crippen LogP contribution in [0.4, 0.5) is 0 Å². The number of rotatable bonds is 9. The summed E-state index contributed by atoms with van der Waals surface area (Å²) in [6.07, 6.45) is 2.95. The van der Waals surface area contributed by atoms with Gasteiger partial charge in [-0.05, 0) is 42.9 Å². The maximum absolute atomic E-state index is 12.1. The maximum atomic E-state index is 12.1. The van der Waals surface area contributed by atoms with Crippen LogP contribution in [0.1, 0.15) is 35.7 Å². The average Bonchev–Trinajstić information content (AvgIpc) is 3.47.